The number of aryl methyl sites for hydroxylation is 1. The second-order valence-corrected chi connectivity index (χ2v) is 6.66. The van der Waals surface area contributed by atoms with Gasteiger partial charge >= 0.3 is 0 Å². The SMILES string of the molecule is CN=C(NCCCOC1CCOC1)NCCc1c(C)[nH]c2ccccc12.I. The predicted molar refractivity (Wildman–Crippen MR) is 121 cm³/mol. The molecule has 2 heterocycles. The molecule has 1 atom stereocenters. The van der Waals surface area contributed by atoms with Gasteiger partial charge in [-0.25, -0.2) is 0 Å². The van der Waals surface area contributed by atoms with Crippen molar-refractivity contribution >= 4 is 40.8 Å². The Morgan fingerprint density at radius 3 is 2.89 bits per heavy atom. The van der Waals surface area contributed by atoms with Crippen molar-refractivity contribution < 1.29 is 9.47 Å². The van der Waals surface area contributed by atoms with Gasteiger partial charge in [-0.2, -0.15) is 0 Å². The second-order valence-electron chi connectivity index (χ2n) is 6.66. The minimum absolute atomic E-state index is 0. The van der Waals surface area contributed by atoms with Gasteiger partial charge in [-0.1, -0.05) is 18.2 Å². The summed E-state index contributed by atoms with van der Waals surface area (Å²) in [5.74, 6) is 0.840. The maximum atomic E-state index is 5.77. The number of nitrogens with one attached hydrogen (secondary N) is 3. The number of fused-ring (bicyclic) bond motifs is 1. The molecule has 6 nitrogen and oxygen atoms in total. The molecule has 1 saturated heterocycles. The Morgan fingerprint density at radius 1 is 1.30 bits per heavy atom. The van der Waals surface area contributed by atoms with Crippen LogP contribution in [0.25, 0.3) is 10.9 Å². The molecule has 3 rings (SSSR count). The highest BCUT2D eigenvalue weighted by atomic mass is 127. The first-order valence-electron chi connectivity index (χ1n) is 9.48. The van der Waals surface area contributed by atoms with E-state index in [-0.39, 0.29) is 30.1 Å². The molecular weight excluding hydrogens is 455 g/mol. The number of ether oxygens (including phenoxy) is 2. The molecule has 0 bridgehead atoms. The van der Waals surface area contributed by atoms with E-state index < -0.39 is 0 Å². The molecular formula is C20H31IN4O2. The van der Waals surface area contributed by atoms with Crippen LogP contribution in [0.3, 0.4) is 0 Å². The molecule has 2 aromatic rings. The third kappa shape index (κ3) is 6.36. The number of halogens is 1. The van der Waals surface area contributed by atoms with Gasteiger partial charge < -0.3 is 25.1 Å². The summed E-state index contributed by atoms with van der Waals surface area (Å²) in [5.41, 5.74) is 3.81. The largest absolute Gasteiger partial charge is 0.379 e. The van der Waals surface area contributed by atoms with Crippen LogP contribution in [-0.4, -0.2) is 57.0 Å². The minimum atomic E-state index is 0. The summed E-state index contributed by atoms with van der Waals surface area (Å²) in [6.07, 6.45) is 3.22. The average molecular weight is 486 g/mol. The van der Waals surface area contributed by atoms with Crippen molar-refractivity contribution in [3.8, 4) is 0 Å². The predicted octanol–water partition coefficient (Wildman–Crippen LogP) is 3.00. The molecule has 0 saturated carbocycles. The number of H-pyrrole nitrogens is 1. The van der Waals surface area contributed by atoms with Gasteiger partial charge in [0.2, 0.25) is 0 Å². The fourth-order valence-corrected chi connectivity index (χ4v) is 3.36. The van der Waals surface area contributed by atoms with Crippen LogP contribution in [0.2, 0.25) is 0 Å². The molecule has 150 valence electrons. The van der Waals surface area contributed by atoms with Crippen LogP contribution in [0.1, 0.15) is 24.1 Å². The molecule has 27 heavy (non-hydrogen) atoms. The summed E-state index contributed by atoms with van der Waals surface area (Å²) in [5, 5.41) is 8.05. The molecule has 0 radical (unpaired) electrons. The molecule has 3 N–H and O–H groups in total. The molecule has 1 aliphatic heterocycles. The van der Waals surface area contributed by atoms with Gasteiger partial charge in [0.15, 0.2) is 5.96 Å². The number of hydrogen-bond acceptors (Lipinski definition) is 3. The first kappa shape index (κ1) is 22.0. The second kappa shape index (κ2) is 11.5. The fraction of sp³-hybridized carbons (Fsp3) is 0.550. The number of aromatic amines is 1. The van der Waals surface area contributed by atoms with E-state index in [1.165, 1.54) is 22.2 Å². The molecule has 7 heteroatoms. The monoisotopic (exact) mass is 486 g/mol. The highest BCUT2D eigenvalue weighted by Crippen LogP contribution is 2.21. The standard InChI is InChI=1S/C20H30N4O2.HI/c1-15-17(18-6-3-4-7-19(18)24-15)8-11-23-20(21-2)22-10-5-12-26-16-9-13-25-14-16;/h3-4,6-7,16,24H,5,8-14H2,1-2H3,(H2,21,22,23);1H. The van der Waals surface area contributed by atoms with Crippen LogP contribution in [-0.2, 0) is 15.9 Å². The molecule has 1 aromatic carbocycles. The van der Waals surface area contributed by atoms with Crippen molar-refractivity contribution in [3.63, 3.8) is 0 Å². The Kier molecular flexibility index (Phi) is 9.36. The quantitative estimate of drug-likeness (QED) is 0.232. The molecule has 1 unspecified atom stereocenters. The van der Waals surface area contributed by atoms with Gasteiger partial charge in [-0.3, -0.25) is 4.99 Å². The third-order valence-corrected chi connectivity index (χ3v) is 4.77. The highest BCUT2D eigenvalue weighted by Gasteiger charge is 2.15. The fourth-order valence-electron chi connectivity index (χ4n) is 3.36. The van der Waals surface area contributed by atoms with Gasteiger partial charge in [0.25, 0.3) is 0 Å². The van der Waals surface area contributed by atoms with Gasteiger partial charge in [-0.05, 0) is 37.8 Å². The van der Waals surface area contributed by atoms with Gasteiger partial charge in [0, 0.05) is 49.9 Å². The molecule has 1 aliphatic rings. The lowest BCUT2D eigenvalue weighted by molar-refractivity contribution is 0.0420. The summed E-state index contributed by atoms with van der Waals surface area (Å²) >= 11 is 0. The maximum absolute atomic E-state index is 5.77. The van der Waals surface area contributed by atoms with E-state index >= 15 is 0 Å². The van der Waals surface area contributed by atoms with Crippen molar-refractivity contribution in [1.29, 1.82) is 0 Å². The number of guanidine groups is 1. The number of hydrogen-bond donors (Lipinski definition) is 3. The summed E-state index contributed by atoms with van der Waals surface area (Å²) in [4.78, 5) is 7.75. The first-order chi connectivity index (χ1) is 12.8. The first-order valence-corrected chi connectivity index (χ1v) is 9.48. The number of aromatic nitrogens is 1. The lowest BCUT2D eigenvalue weighted by atomic mass is 10.1. The van der Waals surface area contributed by atoms with E-state index in [0.717, 1.165) is 58.1 Å². The molecule has 0 amide bonds. The van der Waals surface area contributed by atoms with Crippen molar-refractivity contribution in [2.75, 3.05) is 40.0 Å². The number of para-hydroxylation sites is 1. The lowest BCUT2D eigenvalue weighted by Crippen LogP contribution is -2.39. The minimum Gasteiger partial charge on any atom is -0.379 e. The topological polar surface area (TPSA) is 70.7 Å². The van der Waals surface area contributed by atoms with E-state index in [1.54, 1.807) is 7.05 Å². The zero-order chi connectivity index (χ0) is 18.2. The van der Waals surface area contributed by atoms with Crippen molar-refractivity contribution in [1.82, 2.24) is 15.6 Å². The van der Waals surface area contributed by atoms with Gasteiger partial charge in [-0.15, -0.1) is 24.0 Å². The van der Waals surface area contributed by atoms with E-state index in [4.69, 9.17) is 9.47 Å². The Morgan fingerprint density at radius 2 is 2.11 bits per heavy atom. The Hall–Kier alpha value is -1.32. The number of nitrogens with zero attached hydrogens (tertiary/aromatic N) is 1. The van der Waals surface area contributed by atoms with Gasteiger partial charge in [0.1, 0.15) is 0 Å². The van der Waals surface area contributed by atoms with Crippen LogP contribution in [0.4, 0.5) is 0 Å². The molecule has 1 fully saturated rings. The normalized spacial score (nSPS) is 17.1. The van der Waals surface area contributed by atoms with Crippen molar-refractivity contribution in [2.45, 2.75) is 32.3 Å². The van der Waals surface area contributed by atoms with E-state index in [9.17, 15) is 0 Å². The average Bonchev–Trinajstić information content (AvgIpc) is 3.27. The van der Waals surface area contributed by atoms with Crippen LogP contribution >= 0.6 is 24.0 Å². The highest BCUT2D eigenvalue weighted by molar-refractivity contribution is 14.0. The summed E-state index contributed by atoms with van der Waals surface area (Å²) in [6.45, 7) is 6.15. The van der Waals surface area contributed by atoms with Crippen molar-refractivity contribution in [2.24, 2.45) is 4.99 Å². The Balaban J connectivity index is 0.00000261. The Labute approximate surface area is 178 Å². The van der Waals surface area contributed by atoms with E-state index in [0.29, 0.717) is 0 Å². The van der Waals surface area contributed by atoms with Crippen LogP contribution < -0.4 is 10.6 Å². The zero-order valence-electron chi connectivity index (χ0n) is 16.2. The lowest BCUT2D eigenvalue weighted by Gasteiger charge is -2.13. The zero-order valence-corrected chi connectivity index (χ0v) is 18.5. The van der Waals surface area contributed by atoms with Gasteiger partial charge in [0.05, 0.1) is 12.7 Å². The van der Waals surface area contributed by atoms with E-state index in [2.05, 4.69) is 51.8 Å². The van der Waals surface area contributed by atoms with Crippen LogP contribution in [0.15, 0.2) is 29.3 Å². The smallest absolute Gasteiger partial charge is 0.190 e. The van der Waals surface area contributed by atoms with E-state index in [1.807, 2.05) is 0 Å². The van der Waals surface area contributed by atoms with Crippen LogP contribution in [0, 0.1) is 6.92 Å². The number of aliphatic imine (C=N–C) groups is 1. The number of benzene rings is 1. The van der Waals surface area contributed by atoms with Crippen molar-refractivity contribution in [3.05, 3.63) is 35.5 Å². The summed E-state index contributed by atoms with van der Waals surface area (Å²) < 4.78 is 11.1. The van der Waals surface area contributed by atoms with Crippen LogP contribution in [0.5, 0.6) is 0 Å². The molecule has 0 aliphatic carbocycles. The Bertz CT molecular complexity index is 726. The molecule has 1 aromatic heterocycles. The maximum Gasteiger partial charge on any atom is 0.190 e. The molecule has 0 spiro atoms. The summed E-state index contributed by atoms with van der Waals surface area (Å²) in [7, 11) is 1.80. The number of rotatable bonds is 8. The summed E-state index contributed by atoms with van der Waals surface area (Å²) in [6, 6.07) is 8.46. The third-order valence-electron chi connectivity index (χ3n) is 4.77.